The quantitative estimate of drug-likeness (QED) is 0.516. The molecule has 1 amide bonds. The summed E-state index contributed by atoms with van der Waals surface area (Å²) in [6, 6.07) is 1.52. The van der Waals surface area contributed by atoms with E-state index in [2.05, 4.69) is 24.9 Å². The number of aryl methyl sites for hydroxylation is 1. The number of rotatable bonds is 4. The van der Waals surface area contributed by atoms with E-state index in [1.165, 1.54) is 10.9 Å². The summed E-state index contributed by atoms with van der Waals surface area (Å²) in [5, 5.41) is 21.6. The molecule has 1 aromatic rings. The van der Waals surface area contributed by atoms with Crippen molar-refractivity contribution in [2.45, 2.75) is 52.5 Å². The molecule has 1 aromatic heterocycles. The number of carbonyl (C=O) groups excluding carboxylic acids is 1. The summed E-state index contributed by atoms with van der Waals surface area (Å²) in [5.74, 6) is 0.114. The molecule has 184 valence electrons. The van der Waals surface area contributed by atoms with Crippen molar-refractivity contribution in [2.75, 3.05) is 7.11 Å². The van der Waals surface area contributed by atoms with Crippen molar-refractivity contribution in [3.63, 3.8) is 0 Å². The van der Waals surface area contributed by atoms with E-state index in [1.54, 1.807) is 34.1 Å². The molecule has 35 heavy (non-hydrogen) atoms. The van der Waals surface area contributed by atoms with Crippen LogP contribution in [0.1, 0.15) is 59.2 Å². The van der Waals surface area contributed by atoms with Crippen molar-refractivity contribution >= 4 is 29.8 Å². The van der Waals surface area contributed by atoms with E-state index in [-0.39, 0.29) is 17.9 Å². The monoisotopic (exact) mass is 498 g/mol. The highest BCUT2D eigenvalue weighted by molar-refractivity contribution is 7.97. The van der Waals surface area contributed by atoms with Gasteiger partial charge in [-0.2, -0.15) is 19.4 Å². The first-order valence-corrected chi connectivity index (χ1v) is 11.8. The lowest BCUT2D eigenvalue weighted by molar-refractivity contribution is 0.0562. The van der Waals surface area contributed by atoms with E-state index in [0.29, 0.717) is 34.0 Å². The average molecular weight is 499 g/mol. The summed E-state index contributed by atoms with van der Waals surface area (Å²) < 4.78 is 15.3. The maximum Gasteiger partial charge on any atom is 0.413 e. The van der Waals surface area contributed by atoms with Gasteiger partial charge in [0.1, 0.15) is 23.6 Å². The van der Waals surface area contributed by atoms with Crippen LogP contribution in [0.15, 0.2) is 16.7 Å². The lowest BCUT2D eigenvalue weighted by Crippen LogP contribution is -2.37. The molecular weight excluding hydrogens is 472 g/mol. The summed E-state index contributed by atoms with van der Waals surface area (Å²) in [5.41, 5.74) is 3.68. The number of alkyl carbamates (subject to hydrolysis) is 1. The molecule has 4 rings (SSSR count). The highest BCUT2D eigenvalue weighted by Gasteiger charge is 2.31. The molecule has 3 aliphatic rings. The zero-order chi connectivity index (χ0) is 25.5. The van der Waals surface area contributed by atoms with Crippen molar-refractivity contribution < 1.29 is 24.2 Å². The van der Waals surface area contributed by atoms with E-state index in [1.807, 2.05) is 13.8 Å². The third-order valence-corrected chi connectivity index (χ3v) is 6.05. The molecule has 0 spiro atoms. The Kier molecular flexibility index (Phi) is 6.41. The number of carboxylic acids is 1. The third-order valence-electron chi connectivity index (χ3n) is 5.32. The summed E-state index contributed by atoms with van der Waals surface area (Å²) in [4.78, 5) is 30.4. The van der Waals surface area contributed by atoms with E-state index >= 15 is 0 Å². The SMILES string of the molecule is COc1c(C)cnc(Cn2nc3cc(C(=O)O)c4c-3c(n2)C(NC(=O)OC(C)(C)C)=NSC4)c1C. The Morgan fingerprint density at radius 2 is 2.00 bits per heavy atom. The van der Waals surface area contributed by atoms with Crippen molar-refractivity contribution in [3.8, 4) is 17.0 Å². The van der Waals surface area contributed by atoms with E-state index in [0.717, 1.165) is 28.8 Å². The van der Waals surface area contributed by atoms with Crippen LogP contribution in [0.4, 0.5) is 4.79 Å². The van der Waals surface area contributed by atoms with Gasteiger partial charge in [0.05, 0.1) is 24.1 Å². The Morgan fingerprint density at radius 3 is 2.66 bits per heavy atom. The van der Waals surface area contributed by atoms with Gasteiger partial charge in [-0.15, -0.1) is 0 Å². The van der Waals surface area contributed by atoms with Gasteiger partial charge in [0, 0.05) is 28.6 Å². The number of ether oxygens (including phenoxy) is 2. The zero-order valence-corrected chi connectivity index (χ0v) is 21.1. The van der Waals surface area contributed by atoms with Gasteiger partial charge < -0.3 is 14.6 Å². The second-order valence-corrected chi connectivity index (χ2v) is 9.80. The standard InChI is InChI=1S/C23H26N6O5S/c1-11-8-24-16(12(2)19(11)33-6)9-29-26-15-7-13(21(30)31)14-10-35-28-20(18(27-29)17(14)15)25-22(32)34-23(3,4)5/h7-8H,9-10H2,1-6H3,(H,30,31)(H,25,28,32). The van der Waals surface area contributed by atoms with Crippen LogP contribution in [0.5, 0.6) is 5.75 Å². The first-order valence-electron chi connectivity index (χ1n) is 10.8. The highest BCUT2D eigenvalue weighted by Crippen LogP contribution is 2.38. The first-order chi connectivity index (χ1) is 16.5. The van der Waals surface area contributed by atoms with Crippen LogP contribution in [0.3, 0.4) is 0 Å². The molecular formula is C23H26N6O5S. The summed E-state index contributed by atoms with van der Waals surface area (Å²) in [7, 11) is 1.60. The van der Waals surface area contributed by atoms with Gasteiger partial charge >= 0.3 is 12.1 Å². The van der Waals surface area contributed by atoms with Crippen LogP contribution < -0.4 is 10.1 Å². The fourth-order valence-corrected chi connectivity index (χ4v) is 4.62. The molecule has 0 fully saturated rings. The lowest BCUT2D eigenvalue weighted by atomic mass is 10.1. The first kappa shape index (κ1) is 24.5. The summed E-state index contributed by atoms with van der Waals surface area (Å²) >= 11 is 1.12. The van der Waals surface area contributed by atoms with Crippen molar-refractivity contribution in [1.29, 1.82) is 0 Å². The molecule has 0 radical (unpaired) electrons. The molecule has 0 bridgehead atoms. The number of hydrogen-bond donors (Lipinski definition) is 2. The van der Waals surface area contributed by atoms with Gasteiger partial charge in [-0.25, -0.2) is 9.59 Å². The molecule has 0 saturated carbocycles. The largest absolute Gasteiger partial charge is 0.496 e. The van der Waals surface area contributed by atoms with Crippen LogP contribution in [0.25, 0.3) is 11.3 Å². The molecule has 0 atom stereocenters. The fraction of sp³-hybridized carbons (Fsp3) is 0.391. The van der Waals surface area contributed by atoms with Gasteiger partial charge in [-0.05, 0) is 58.2 Å². The van der Waals surface area contributed by atoms with Gasteiger partial charge in [-0.1, -0.05) is 0 Å². The minimum atomic E-state index is -1.07. The normalized spacial score (nSPS) is 13.3. The van der Waals surface area contributed by atoms with Crippen LogP contribution in [-0.4, -0.2) is 55.7 Å². The number of nitrogens with one attached hydrogen (secondary N) is 1. The molecule has 0 aromatic carbocycles. The topological polar surface area (TPSA) is 141 Å². The highest BCUT2D eigenvalue weighted by atomic mass is 32.2. The van der Waals surface area contributed by atoms with Gasteiger partial charge in [-0.3, -0.25) is 10.3 Å². The number of methoxy groups -OCH3 is 1. The molecule has 11 nitrogen and oxygen atoms in total. The average Bonchev–Trinajstić information content (AvgIpc) is 3.03. The molecule has 2 aliphatic heterocycles. The maximum absolute atomic E-state index is 12.5. The third kappa shape index (κ3) is 4.92. The maximum atomic E-state index is 12.5. The minimum Gasteiger partial charge on any atom is -0.496 e. The summed E-state index contributed by atoms with van der Waals surface area (Å²) in [6.45, 7) is 9.28. The molecule has 2 N–H and O–H groups in total. The van der Waals surface area contributed by atoms with Crippen LogP contribution in [0, 0.1) is 13.8 Å². The predicted molar refractivity (Wildman–Crippen MR) is 130 cm³/mol. The van der Waals surface area contributed by atoms with Crippen LogP contribution in [-0.2, 0) is 17.0 Å². The number of amides is 1. The molecule has 3 heterocycles. The van der Waals surface area contributed by atoms with Crippen molar-refractivity contribution in [3.05, 3.63) is 45.9 Å². The Labute approximate surface area is 206 Å². The number of hydrogen-bond acceptors (Lipinski definition) is 9. The van der Waals surface area contributed by atoms with Crippen molar-refractivity contribution in [2.24, 2.45) is 4.40 Å². The number of aromatic carboxylic acids is 1. The lowest BCUT2D eigenvalue weighted by Gasteiger charge is -2.20. The summed E-state index contributed by atoms with van der Waals surface area (Å²) in [6.07, 6.45) is 1.02. The Morgan fingerprint density at radius 1 is 1.26 bits per heavy atom. The molecule has 1 aliphatic carbocycles. The number of amidine groups is 1. The number of carbonyl (C=O) groups is 2. The zero-order valence-electron chi connectivity index (χ0n) is 20.3. The number of pyridine rings is 1. The number of aromatic nitrogens is 4. The van der Waals surface area contributed by atoms with Gasteiger partial charge in [0.15, 0.2) is 5.84 Å². The fourth-order valence-electron chi connectivity index (χ4n) is 3.87. The van der Waals surface area contributed by atoms with Crippen LogP contribution >= 0.6 is 11.9 Å². The molecule has 12 heteroatoms. The predicted octanol–water partition coefficient (Wildman–Crippen LogP) is 3.58. The van der Waals surface area contributed by atoms with Gasteiger partial charge in [0.25, 0.3) is 0 Å². The second-order valence-electron chi connectivity index (χ2n) is 9.07. The van der Waals surface area contributed by atoms with Crippen LogP contribution in [0.2, 0.25) is 0 Å². The van der Waals surface area contributed by atoms with Gasteiger partial charge in [0.2, 0.25) is 0 Å². The van der Waals surface area contributed by atoms with Crippen molar-refractivity contribution in [1.82, 2.24) is 25.3 Å². The van der Waals surface area contributed by atoms with E-state index in [4.69, 9.17) is 9.47 Å². The smallest absolute Gasteiger partial charge is 0.413 e. The minimum absolute atomic E-state index is 0.126. The number of nitrogens with zero attached hydrogens (tertiary/aromatic N) is 5. The number of carboxylic acid groups (broad SMARTS) is 1. The second kappa shape index (κ2) is 9.17. The Balaban J connectivity index is 1.82. The van der Waals surface area contributed by atoms with E-state index < -0.39 is 17.7 Å². The molecule has 0 saturated heterocycles. The Hall–Kier alpha value is -3.67. The molecule has 0 unspecified atom stereocenters. The van der Waals surface area contributed by atoms with E-state index in [9.17, 15) is 14.7 Å². The Bertz CT molecular complexity index is 1330.